The molecule has 18 heavy (non-hydrogen) atoms. The first-order chi connectivity index (χ1) is 8.66. The van der Waals surface area contributed by atoms with Crippen LogP contribution >= 0.6 is 0 Å². The second-order valence-corrected chi connectivity index (χ2v) is 6.27. The quantitative estimate of drug-likeness (QED) is 0.762. The number of rotatable bonds is 5. The molecule has 1 heterocycles. The summed E-state index contributed by atoms with van der Waals surface area (Å²) >= 11 is 0. The highest BCUT2D eigenvalue weighted by atomic mass is 15.1. The number of hydrogen-bond donors (Lipinski definition) is 0. The second-order valence-electron chi connectivity index (χ2n) is 6.27. The maximum absolute atomic E-state index is 2.51. The van der Waals surface area contributed by atoms with Gasteiger partial charge < -0.3 is 4.90 Å². The van der Waals surface area contributed by atoms with E-state index in [9.17, 15) is 0 Å². The smallest absolute Gasteiger partial charge is 0.00123 e. The largest absolute Gasteiger partial charge is 0.306 e. The molecule has 1 saturated heterocycles. The molecule has 1 fully saturated rings. The molecule has 0 aromatic heterocycles. The fourth-order valence-electron chi connectivity index (χ4n) is 3.39. The van der Waals surface area contributed by atoms with E-state index in [1.165, 1.54) is 37.9 Å². The minimum Gasteiger partial charge on any atom is -0.306 e. The summed E-state index contributed by atoms with van der Waals surface area (Å²) in [4.78, 5) is 2.51. The minimum atomic E-state index is 0.830. The average molecular weight is 245 g/mol. The Hall–Kier alpha value is -0.820. The lowest BCUT2D eigenvalue weighted by atomic mass is 9.83. The molecule has 0 amide bonds. The predicted octanol–water partition coefficient (Wildman–Crippen LogP) is 3.84. The zero-order chi connectivity index (χ0) is 13.0. The monoisotopic (exact) mass is 245 g/mol. The molecular weight excluding hydrogens is 218 g/mol. The van der Waals surface area contributed by atoms with Crippen molar-refractivity contribution in [3.05, 3.63) is 35.9 Å². The highest BCUT2D eigenvalue weighted by Gasteiger charge is 2.31. The van der Waals surface area contributed by atoms with Crippen LogP contribution in [-0.4, -0.2) is 25.0 Å². The van der Waals surface area contributed by atoms with E-state index < -0.39 is 0 Å². The van der Waals surface area contributed by atoms with Crippen molar-refractivity contribution in [2.45, 2.75) is 33.1 Å². The van der Waals surface area contributed by atoms with Gasteiger partial charge in [0.15, 0.2) is 0 Å². The molecule has 2 atom stereocenters. The third-order valence-corrected chi connectivity index (χ3v) is 4.41. The van der Waals surface area contributed by atoms with Gasteiger partial charge in [0.25, 0.3) is 0 Å². The van der Waals surface area contributed by atoms with Crippen LogP contribution in [0.3, 0.4) is 0 Å². The SMILES string of the molecule is CC(C)C1CN(C)CC1CCCc1ccccc1. The zero-order valence-corrected chi connectivity index (χ0v) is 12.1. The second kappa shape index (κ2) is 6.38. The Kier molecular flexibility index (Phi) is 4.82. The number of benzene rings is 1. The molecule has 2 rings (SSSR count). The minimum absolute atomic E-state index is 0.830. The van der Waals surface area contributed by atoms with Crippen LogP contribution in [0, 0.1) is 17.8 Å². The normalized spacial score (nSPS) is 24.9. The number of likely N-dealkylation sites (tertiary alicyclic amines) is 1. The molecule has 100 valence electrons. The van der Waals surface area contributed by atoms with E-state index in [0.717, 1.165) is 17.8 Å². The van der Waals surface area contributed by atoms with E-state index in [-0.39, 0.29) is 0 Å². The van der Waals surface area contributed by atoms with Crippen molar-refractivity contribution in [3.8, 4) is 0 Å². The maximum Gasteiger partial charge on any atom is 0.00123 e. The van der Waals surface area contributed by atoms with Crippen LogP contribution in [0.25, 0.3) is 0 Å². The molecule has 2 unspecified atom stereocenters. The molecule has 0 saturated carbocycles. The molecule has 0 bridgehead atoms. The Labute approximate surface area is 112 Å². The van der Waals surface area contributed by atoms with Gasteiger partial charge in [0.1, 0.15) is 0 Å². The molecule has 1 aromatic carbocycles. The van der Waals surface area contributed by atoms with Crippen LogP contribution in [0.2, 0.25) is 0 Å². The van der Waals surface area contributed by atoms with E-state index >= 15 is 0 Å². The molecular formula is C17H27N. The van der Waals surface area contributed by atoms with E-state index in [1.54, 1.807) is 0 Å². The molecule has 1 heteroatoms. The van der Waals surface area contributed by atoms with Crippen LogP contribution < -0.4 is 0 Å². The Morgan fingerprint density at radius 2 is 1.89 bits per heavy atom. The van der Waals surface area contributed by atoms with E-state index in [4.69, 9.17) is 0 Å². The van der Waals surface area contributed by atoms with Gasteiger partial charge in [0.05, 0.1) is 0 Å². The van der Waals surface area contributed by atoms with Crippen LogP contribution in [0.4, 0.5) is 0 Å². The number of hydrogen-bond acceptors (Lipinski definition) is 1. The summed E-state index contributed by atoms with van der Waals surface area (Å²) in [5.41, 5.74) is 1.49. The fourth-order valence-corrected chi connectivity index (χ4v) is 3.39. The van der Waals surface area contributed by atoms with Crippen molar-refractivity contribution in [1.29, 1.82) is 0 Å². The lowest BCUT2D eigenvalue weighted by Gasteiger charge is -2.21. The highest BCUT2D eigenvalue weighted by Crippen LogP contribution is 2.32. The standard InChI is InChI=1S/C17H27N/c1-14(2)17-13-18(3)12-16(17)11-7-10-15-8-5-4-6-9-15/h4-6,8-9,14,16-17H,7,10-13H2,1-3H3. The molecule has 1 aromatic rings. The van der Waals surface area contributed by atoms with Crippen LogP contribution in [-0.2, 0) is 6.42 Å². The van der Waals surface area contributed by atoms with Crippen molar-refractivity contribution in [1.82, 2.24) is 4.90 Å². The predicted molar refractivity (Wildman–Crippen MR) is 78.7 cm³/mol. The molecule has 1 nitrogen and oxygen atoms in total. The lowest BCUT2D eigenvalue weighted by molar-refractivity contribution is 0.299. The molecule has 0 radical (unpaired) electrons. The van der Waals surface area contributed by atoms with Crippen molar-refractivity contribution in [3.63, 3.8) is 0 Å². The summed E-state index contributed by atoms with van der Waals surface area (Å²) in [6, 6.07) is 10.9. The summed E-state index contributed by atoms with van der Waals surface area (Å²) in [5.74, 6) is 2.65. The lowest BCUT2D eigenvalue weighted by Crippen LogP contribution is -2.18. The Morgan fingerprint density at radius 3 is 2.56 bits per heavy atom. The van der Waals surface area contributed by atoms with Crippen molar-refractivity contribution in [2.24, 2.45) is 17.8 Å². The Bertz CT molecular complexity index is 344. The number of aryl methyl sites for hydroxylation is 1. The zero-order valence-electron chi connectivity index (χ0n) is 12.1. The van der Waals surface area contributed by atoms with Gasteiger partial charge in [-0.3, -0.25) is 0 Å². The van der Waals surface area contributed by atoms with Crippen LogP contribution in [0.1, 0.15) is 32.3 Å². The molecule has 0 spiro atoms. The first-order valence-corrected chi connectivity index (χ1v) is 7.39. The van der Waals surface area contributed by atoms with Crippen molar-refractivity contribution < 1.29 is 0 Å². The van der Waals surface area contributed by atoms with Crippen molar-refractivity contribution in [2.75, 3.05) is 20.1 Å². The summed E-state index contributed by atoms with van der Waals surface area (Å²) in [7, 11) is 2.27. The maximum atomic E-state index is 2.51. The van der Waals surface area contributed by atoms with Gasteiger partial charge in [-0.05, 0) is 49.6 Å². The van der Waals surface area contributed by atoms with Gasteiger partial charge in [-0.25, -0.2) is 0 Å². The summed E-state index contributed by atoms with van der Waals surface area (Å²) < 4.78 is 0. The first-order valence-electron chi connectivity index (χ1n) is 7.39. The number of nitrogens with zero attached hydrogens (tertiary/aromatic N) is 1. The van der Waals surface area contributed by atoms with E-state index in [1.807, 2.05) is 0 Å². The van der Waals surface area contributed by atoms with Gasteiger partial charge in [-0.15, -0.1) is 0 Å². The van der Waals surface area contributed by atoms with Crippen molar-refractivity contribution >= 4 is 0 Å². The molecule has 0 aliphatic carbocycles. The highest BCUT2D eigenvalue weighted by molar-refractivity contribution is 5.14. The molecule has 1 aliphatic heterocycles. The van der Waals surface area contributed by atoms with E-state index in [0.29, 0.717) is 0 Å². The summed E-state index contributed by atoms with van der Waals surface area (Å²) in [6.45, 7) is 7.37. The van der Waals surface area contributed by atoms with E-state index in [2.05, 4.69) is 56.1 Å². The summed E-state index contributed by atoms with van der Waals surface area (Å²) in [6.07, 6.45) is 3.97. The average Bonchev–Trinajstić information content (AvgIpc) is 2.72. The van der Waals surface area contributed by atoms with Crippen LogP contribution in [0.15, 0.2) is 30.3 Å². The van der Waals surface area contributed by atoms with Crippen LogP contribution in [0.5, 0.6) is 0 Å². The fraction of sp³-hybridized carbons (Fsp3) is 0.647. The van der Waals surface area contributed by atoms with Gasteiger partial charge >= 0.3 is 0 Å². The van der Waals surface area contributed by atoms with Gasteiger partial charge in [0, 0.05) is 13.1 Å². The Balaban J connectivity index is 1.79. The summed E-state index contributed by atoms with van der Waals surface area (Å²) in [5, 5.41) is 0. The van der Waals surface area contributed by atoms with Gasteiger partial charge in [-0.1, -0.05) is 44.2 Å². The first kappa shape index (κ1) is 13.6. The van der Waals surface area contributed by atoms with Gasteiger partial charge in [-0.2, -0.15) is 0 Å². The Morgan fingerprint density at radius 1 is 1.17 bits per heavy atom. The molecule has 1 aliphatic rings. The van der Waals surface area contributed by atoms with Gasteiger partial charge in [0.2, 0.25) is 0 Å². The molecule has 0 N–H and O–H groups in total. The third kappa shape index (κ3) is 3.58. The topological polar surface area (TPSA) is 3.24 Å². The third-order valence-electron chi connectivity index (χ3n) is 4.41.